The van der Waals surface area contributed by atoms with Gasteiger partial charge in [0, 0.05) is 54.9 Å². The number of pyridine rings is 1. The number of piperazine rings is 1. The van der Waals surface area contributed by atoms with Gasteiger partial charge in [0.2, 0.25) is 0 Å². The number of ether oxygens (including phenoxy) is 1. The van der Waals surface area contributed by atoms with Gasteiger partial charge in [0.25, 0.3) is 5.91 Å². The van der Waals surface area contributed by atoms with E-state index in [0.717, 1.165) is 11.3 Å². The van der Waals surface area contributed by atoms with Crippen LogP contribution >= 0.6 is 0 Å². The predicted molar refractivity (Wildman–Crippen MR) is 135 cm³/mol. The zero-order valence-electron chi connectivity index (χ0n) is 20.5. The maximum absolute atomic E-state index is 14.8. The summed E-state index contributed by atoms with van der Waals surface area (Å²) in [6.45, 7) is 3.28. The molecule has 36 heavy (non-hydrogen) atoms. The number of methoxy groups -OCH3 is 1. The third kappa shape index (κ3) is 3.85. The molecule has 2 aliphatic heterocycles. The number of hydrogen-bond donors (Lipinski definition) is 0. The van der Waals surface area contributed by atoms with Crippen LogP contribution in [0.5, 0.6) is 5.75 Å². The van der Waals surface area contributed by atoms with Crippen LogP contribution in [0.2, 0.25) is 0 Å². The normalized spacial score (nSPS) is 17.6. The average Bonchev–Trinajstić information content (AvgIpc) is 3.01. The average molecular weight is 485 g/mol. The highest BCUT2D eigenvalue weighted by Gasteiger charge is 2.41. The number of aliphatic imine (C=N–C) groups is 1. The van der Waals surface area contributed by atoms with Crippen LogP contribution in [0.15, 0.2) is 53.7 Å². The number of hydrogen-bond acceptors (Lipinski definition) is 7. The molecular formula is C27H25FN6O2. The Morgan fingerprint density at radius 3 is 2.56 bits per heavy atom. The van der Waals surface area contributed by atoms with Crippen LogP contribution in [0.25, 0.3) is 11.1 Å². The van der Waals surface area contributed by atoms with Crippen molar-refractivity contribution >= 4 is 23.1 Å². The molecule has 3 aromatic rings. The molecule has 2 aromatic carbocycles. The van der Waals surface area contributed by atoms with E-state index in [0.29, 0.717) is 41.4 Å². The number of anilines is 1. The predicted octanol–water partition coefficient (Wildman–Crippen LogP) is 3.97. The fourth-order valence-corrected chi connectivity index (χ4v) is 4.64. The summed E-state index contributed by atoms with van der Waals surface area (Å²) in [5.41, 5.74) is 3.66. The molecule has 182 valence electrons. The van der Waals surface area contributed by atoms with Crippen LogP contribution in [-0.4, -0.2) is 67.0 Å². The lowest BCUT2D eigenvalue weighted by atomic mass is 9.97. The van der Waals surface area contributed by atoms with E-state index in [-0.39, 0.29) is 17.2 Å². The minimum Gasteiger partial charge on any atom is -0.494 e. The Kier molecular flexibility index (Phi) is 5.90. The first kappa shape index (κ1) is 23.5. The monoisotopic (exact) mass is 484 g/mol. The number of fused-ring (bicyclic) bond motifs is 2. The minimum absolute atomic E-state index is 0.0883. The molecule has 0 aliphatic carbocycles. The first-order valence-corrected chi connectivity index (χ1v) is 11.5. The van der Waals surface area contributed by atoms with Crippen LogP contribution in [0.4, 0.5) is 15.8 Å². The van der Waals surface area contributed by atoms with Gasteiger partial charge >= 0.3 is 0 Å². The number of aromatic nitrogens is 1. The largest absolute Gasteiger partial charge is 0.494 e. The lowest BCUT2D eigenvalue weighted by Gasteiger charge is -2.44. The number of amidine groups is 1. The topological polar surface area (TPSA) is 85.1 Å². The zero-order valence-corrected chi connectivity index (χ0v) is 20.5. The standard InChI is InChI=1S/C27H25FN6O2/c1-16-5-6-18(15-30-16)20-11-17(14-29)12-21-24(20)31-25-26(33(3)10-9-32(25)2)34(27(21)35)19-7-8-23(36-4)22(28)13-19/h5-8,11-13,15,26H,9-10H2,1-4H3/t26-/m0/s1. The van der Waals surface area contributed by atoms with E-state index in [1.54, 1.807) is 29.3 Å². The van der Waals surface area contributed by atoms with Crippen LogP contribution in [0.3, 0.4) is 0 Å². The third-order valence-electron chi connectivity index (χ3n) is 6.62. The molecule has 2 aliphatic rings. The van der Waals surface area contributed by atoms with Gasteiger partial charge in [0.05, 0.1) is 30.0 Å². The van der Waals surface area contributed by atoms with Gasteiger partial charge in [-0.1, -0.05) is 6.07 Å². The second-order valence-corrected chi connectivity index (χ2v) is 8.96. The van der Waals surface area contributed by atoms with Crippen LogP contribution < -0.4 is 9.64 Å². The van der Waals surface area contributed by atoms with Gasteiger partial charge in [0.15, 0.2) is 11.6 Å². The molecule has 8 nitrogen and oxygen atoms in total. The summed E-state index contributed by atoms with van der Waals surface area (Å²) in [5, 5.41) is 9.77. The van der Waals surface area contributed by atoms with Crippen molar-refractivity contribution in [2.24, 2.45) is 4.99 Å². The van der Waals surface area contributed by atoms with Crippen molar-refractivity contribution in [3.63, 3.8) is 0 Å². The van der Waals surface area contributed by atoms with Crippen molar-refractivity contribution < 1.29 is 13.9 Å². The fraction of sp³-hybridized carbons (Fsp3) is 0.259. The van der Waals surface area contributed by atoms with Gasteiger partial charge in [0.1, 0.15) is 12.0 Å². The Hall–Kier alpha value is -4.29. The summed E-state index contributed by atoms with van der Waals surface area (Å²) in [6.07, 6.45) is 1.14. The molecule has 1 aromatic heterocycles. The second kappa shape index (κ2) is 9.06. The molecule has 0 saturated carbocycles. The Balaban J connectivity index is 1.80. The first-order chi connectivity index (χ1) is 17.3. The van der Waals surface area contributed by atoms with Gasteiger partial charge in [-0.3, -0.25) is 19.6 Å². The molecule has 0 N–H and O–H groups in total. The van der Waals surface area contributed by atoms with Crippen molar-refractivity contribution in [3.05, 3.63) is 71.3 Å². The molecule has 1 atom stereocenters. The number of rotatable bonds is 3. The number of carbonyl (C=O) groups excluding carboxylic acids is 1. The summed E-state index contributed by atoms with van der Waals surface area (Å²) in [7, 11) is 5.23. The van der Waals surface area contributed by atoms with Gasteiger partial charge < -0.3 is 9.64 Å². The van der Waals surface area contributed by atoms with Crippen LogP contribution in [0.1, 0.15) is 21.6 Å². The van der Waals surface area contributed by atoms with Crippen molar-refractivity contribution in [2.75, 3.05) is 39.2 Å². The molecule has 0 unspecified atom stereocenters. The van der Waals surface area contributed by atoms with E-state index in [1.165, 1.54) is 19.2 Å². The smallest absolute Gasteiger partial charge is 0.262 e. The van der Waals surface area contributed by atoms with Gasteiger partial charge in [-0.05, 0) is 44.3 Å². The van der Waals surface area contributed by atoms with Crippen molar-refractivity contribution in [2.45, 2.75) is 13.1 Å². The molecule has 0 radical (unpaired) electrons. The molecule has 1 fully saturated rings. The summed E-state index contributed by atoms with van der Waals surface area (Å²) in [6, 6.07) is 13.7. The van der Waals surface area contributed by atoms with E-state index in [4.69, 9.17) is 9.73 Å². The van der Waals surface area contributed by atoms with E-state index in [9.17, 15) is 14.4 Å². The SMILES string of the molecule is COc1ccc(N2C(=O)c3cc(C#N)cc(-c4ccc(C)nc4)c3N=C3[C@H]2N(C)CCN3C)cc1F. The lowest BCUT2D eigenvalue weighted by Crippen LogP contribution is -2.62. The van der Waals surface area contributed by atoms with E-state index < -0.39 is 12.0 Å². The van der Waals surface area contributed by atoms with Gasteiger partial charge in [-0.2, -0.15) is 5.26 Å². The van der Waals surface area contributed by atoms with Gasteiger partial charge in [-0.15, -0.1) is 0 Å². The van der Waals surface area contributed by atoms with Crippen molar-refractivity contribution in [1.82, 2.24) is 14.8 Å². The number of amides is 1. The number of nitrogens with zero attached hydrogens (tertiary/aromatic N) is 6. The van der Waals surface area contributed by atoms with E-state index >= 15 is 0 Å². The maximum Gasteiger partial charge on any atom is 0.262 e. The summed E-state index contributed by atoms with van der Waals surface area (Å²) < 4.78 is 19.9. The number of nitriles is 1. The summed E-state index contributed by atoms with van der Waals surface area (Å²) in [4.78, 5) is 29.2. The molecule has 5 rings (SSSR count). The highest BCUT2D eigenvalue weighted by Crippen LogP contribution is 2.40. The Labute approximate surface area is 208 Å². The minimum atomic E-state index is -0.578. The lowest BCUT2D eigenvalue weighted by molar-refractivity contribution is 0.0949. The van der Waals surface area contributed by atoms with E-state index in [1.807, 2.05) is 43.0 Å². The Bertz CT molecular complexity index is 1430. The van der Waals surface area contributed by atoms with Crippen molar-refractivity contribution in [1.29, 1.82) is 5.26 Å². The third-order valence-corrected chi connectivity index (χ3v) is 6.62. The van der Waals surface area contributed by atoms with E-state index in [2.05, 4.69) is 11.1 Å². The maximum atomic E-state index is 14.8. The fourth-order valence-electron chi connectivity index (χ4n) is 4.64. The molecule has 9 heteroatoms. The van der Waals surface area contributed by atoms with Gasteiger partial charge in [-0.25, -0.2) is 9.38 Å². The molecule has 0 spiro atoms. The number of benzene rings is 2. The Morgan fingerprint density at radius 1 is 1.11 bits per heavy atom. The first-order valence-electron chi connectivity index (χ1n) is 11.5. The zero-order chi connectivity index (χ0) is 25.6. The molecule has 3 heterocycles. The van der Waals surface area contributed by atoms with Crippen LogP contribution in [-0.2, 0) is 0 Å². The number of halogens is 1. The molecule has 0 bridgehead atoms. The second-order valence-electron chi connectivity index (χ2n) is 8.96. The summed E-state index contributed by atoms with van der Waals surface area (Å²) >= 11 is 0. The molecular weight excluding hydrogens is 459 g/mol. The quantitative estimate of drug-likeness (QED) is 0.559. The number of aryl methyl sites for hydroxylation is 1. The van der Waals surface area contributed by atoms with Crippen molar-refractivity contribution in [3.8, 4) is 22.9 Å². The molecule has 1 amide bonds. The molecule has 1 saturated heterocycles. The summed E-state index contributed by atoms with van der Waals surface area (Å²) in [5.74, 6) is -0.211. The highest BCUT2D eigenvalue weighted by atomic mass is 19.1. The highest BCUT2D eigenvalue weighted by molar-refractivity contribution is 6.17. The number of likely N-dealkylation sites (N-methyl/N-ethyl adjacent to an activating group) is 2. The Morgan fingerprint density at radius 2 is 1.89 bits per heavy atom. The number of carbonyl (C=O) groups is 1. The van der Waals surface area contributed by atoms with Crippen LogP contribution in [0, 0.1) is 24.1 Å².